The van der Waals surface area contributed by atoms with Crippen molar-refractivity contribution in [3.05, 3.63) is 12.7 Å². The molecule has 0 aromatic rings. The fourth-order valence-corrected chi connectivity index (χ4v) is 2.10. The summed E-state index contributed by atoms with van der Waals surface area (Å²) in [6.07, 6.45) is 3.97. The van der Waals surface area contributed by atoms with Crippen LogP contribution in [0.4, 0.5) is 4.79 Å². The van der Waals surface area contributed by atoms with Gasteiger partial charge in [0.05, 0.1) is 6.61 Å². The summed E-state index contributed by atoms with van der Waals surface area (Å²) in [7, 11) is 0. The van der Waals surface area contributed by atoms with Crippen LogP contribution >= 0.6 is 0 Å². The second-order valence-electron chi connectivity index (χ2n) is 4.43. The van der Waals surface area contributed by atoms with Gasteiger partial charge in [-0.3, -0.25) is 0 Å². The van der Waals surface area contributed by atoms with Gasteiger partial charge in [0.25, 0.3) is 0 Å². The first-order valence-electron chi connectivity index (χ1n) is 5.94. The molecule has 4 nitrogen and oxygen atoms in total. The first kappa shape index (κ1) is 13.0. The Bertz CT molecular complexity index is 243. The number of nitrogens with zero attached hydrogens (tertiary/aromatic N) is 2. The standard InChI is InChI=1S/C12H22N2O2/c1-3-6-13(8-9-15)12(16)14-7-4-5-11(2)10-14/h3,11,15H,1,4-10H2,2H3. The molecule has 4 heteroatoms. The number of carbonyl (C=O) groups excluding carboxylic acids is 1. The first-order valence-corrected chi connectivity index (χ1v) is 5.94. The van der Waals surface area contributed by atoms with Crippen molar-refractivity contribution in [2.75, 3.05) is 32.8 Å². The van der Waals surface area contributed by atoms with Crippen molar-refractivity contribution in [3.63, 3.8) is 0 Å². The molecule has 2 amide bonds. The summed E-state index contributed by atoms with van der Waals surface area (Å²) in [5.74, 6) is 0.581. The molecule has 0 bridgehead atoms. The molecule has 0 spiro atoms. The van der Waals surface area contributed by atoms with Crippen LogP contribution in [0, 0.1) is 5.92 Å². The van der Waals surface area contributed by atoms with Gasteiger partial charge < -0.3 is 14.9 Å². The highest BCUT2D eigenvalue weighted by atomic mass is 16.3. The highest BCUT2D eigenvalue weighted by molar-refractivity contribution is 5.74. The van der Waals surface area contributed by atoms with E-state index < -0.39 is 0 Å². The molecule has 1 heterocycles. The van der Waals surface area contributed by atoms with Gasteiger partial charge in [0.2, 0.25) is 0 Å². The number of hydrogen-bond acceptors (Lipinski definition) is 2. The van der Waals surface area contributed by atoms with Crippen LogP contribution < -0.4 is 0 Å². The maximum atomic E-state index is 12.1. The summed E-state index contributed by atoms with van der Waals surface area (Å²) in [4.78, 5) is 15.6. The molecule has 92 valence electrons. The number of aliphatic hydroxyl groups excluding tert-OH is 1. The number of rotatable bonds is 4. The summed E-state index contributed by atoms with van der Waals surface area (Å²) in [6, 6.07) is 0.0282. The normalized spacial score (nSPS) is 20.6. The summed E-state index contributed by atoms with van der Waals surface area (Å²) in [5, 5.41) is 8.92. The zero-order valence-electron chi connectivity index (χ0n) is 10.1. The second-order valence-corrected chi connectivity index (χ2v) is 4.43. The molecular formula is C12H22N2O2. The summed E-state index contributed by atoms with van der Waals surface area (Å²) >= 11 is 0. The minimum absolute atomic E-state index is 0.00295. The van der Waals surface area contributed by atoms with Gasteiger partial charge in [-0.15, -0.1) is 6.58 Å². The molecule has 16 heavy (non-hydrogen) atoms. The van der Waals surface area contributed by atoms with Crippen LogP contribution in [0.25, 0.3) is 0 Å². The van der Waals surface area contributed by atoms with Gasteiger partial charge in [-0.2, -0.15) is 0 Å². The van der Waals surface area contributed by atoms with Crippen molar-refractivity contribution in [1.29, 1.82) is 0 Å². The predicted molar refractivity (Wildman–Crippen MR) is 64.2 cm³/mol. The van der Waals surface area contributed by atoms with Crippen LogP contribution in [0.2, 0.25) is 0 Å². The van der Waals surface area contributed by atoms with Gasteiger partial charge in [-0.25, -0.2) is 4.79 Å². The van der Waals surface area contributed by atoms with Crippen LogP contribution in [0.3, 0.4) is 0 Å². The van der Waals surface area contributed by atoms with E-state index >= 15 is 0 Å². The molecule has 1 aliphatic heterocycles. The molecule has 0 aliphatic carbocycles. The highest BCUT2D eigenvalue weighted by Crippen LogP contribution is 2.16. The molecule has 1 aliphatic rings. The number of carbonyl (C=O) groups is 1. The molecule has 1 saturated heterocycles. The van der Waals surface area contributed by atoms with Gasteiger partial charge in [-0.05, 0) is 18.8 Å². The molecule has 0 radical (unpaired) electrons. The maximum Gasteiger partial charge on any atom is 0.320 e. The van der Waals surface area contributed by atoms with Crippen molar-refractivity contribution in [2.45, 2.75) is 19.8 Å². The Morgan fingerprint density at radius 3 is 3.00 bits per heavy atom. The number of urea groups is 1. The molecule has 0 aromatic heterocycles. The lowest BCUT2D eigenvalue weighted by molar-refractivity contribution is 0.126. The average molecular weight is 226 g/mol. The summed E-state index contributed by atoms with van der Waals surface area (Å²) in [5.41, 5.74) is 0. The molecule has 1 rings (SSSR count). The van der Waals surface area contributed by atoms with Crippen LogP contribution in [0.1, 0.15) is 19.8 Å². The zero-order valence-corrected chi connectivity index (χ0v) is 10.1. The zero-order chi connectivity index (χ0) is 12.0. The molecule has 0 aromatic carbocycles. The minimum Gasteiger partial charge on any atom is -0.395 e. The lowest BCUT2D eigenvalue weighted by atomic mass is 10.0. The smallest absolute Gasteiger partial charge is 0.320 e. The van der Waals surface area contributed by atoms with Crippen molar-refractivity contribution in [2.24, 2.45) is 5.92 Å². The third-order valence-corrected chi connectivity index (χ3v) is 2.92. The van der Waals surface area contributed by atoms with E-state index in [0.717, 1.165) is 19.5 Å². The lowest BCUT2D eigenvalue weighted by Crippen LogP contribution is -2.48. The third-order valence-electron chi connectivity index (χ3n) is 2.92. The molecule has 1 N–H and O–H groups in total. The van der Waals surface area contributed by atoms with Crippen molar-refractivity contribution >= 4 is 6.03 Å². The van der Waals surface area contributed by atoms with Crippen LogP contribution in [-0.2, 0) is 0 Å². The van der Waals surface area contributed by atoms with Crippen molar-refractivity contribution in [1.82, 2.24) is 9.80 Å². The topological polar surface area (TPSA) is 43.8 Å². The minimum atomic E-state index is 0.00295. The van der Waals surface area contributed by atoms with Gasteiger partial charge in [0.1, 0.15) is 0 Å². The number of hydrogen-bond donors (Lipinski definition) is 1. The average Bonchev–Trinajstić information content (AvgIpc) is 2.28. The molecule has 1 fully saturated rings. The number of likely N-dealkylation sites (tertiary alicyclic amines) is 1. The fraction of sp³-hybridized carbons (Fsp3) is 0.750. The second kappa shape index (κ2) is 6.53. The fourth-order valence-electron chi connectivity index (χ4n) is 2.10. The Balaban J connectivity index is 2.54. The van der Waals surface area contributed by atoms with Crippen molar-refractivity contribution < 1.29 is 9.90 Å². The van der Waals surface area contributed by atoms with E-state index in [0.29, 0.717) is 19.0 Å². The predicted octanol–water partition coefficient (Wildman–Crippen LogP) is 1.32. The largest absolute Gasteiger partial charge is 0.395 e. The summed E-state index contributed by atoms with van der Waals surface area (Å²) < 4.78 is 0. The quantitative estimate of drug-likeness (QED) is 0.735. The summed E-state index contributed by atoms with van der Waals surface area (Å²) in [6.45, 7) is 8.36. The number of piperidine rings is 1. The molecule has 1 atom stereocenters. The van der Waals surface area contributed by atoms with Crippen molar-refractivity contribution in [3.8, 4) is 0 Å². The number of aliphatic hydroxyl groups is 1. The molecule has 1 unspecified atom stereocenters. The van der Waals surface area contributed by atoms with E-state index in [9.17, 15) is 4.79 Å². The van der Waals surface area contributed by atoms with E-state index in [2.05, 4.69) is 13.5 Å². The Labute approximate surface area is 97.5 Å². The van der Waals surface area contributed by atoms with E-state index in [-0.39, 0.29) is 12.6 Å². The lowest BCUT2D eigenvalue weighted by Gasteiger charge is -2.34. The van der Waals surface area contributed by atoms with Crippen LogP contribution in [0.5, 0.6) is 0 Å². The van der Waals surface area contributed by atoms with Gasteiger partial charge in [0, 0.05) is 26.2 Å². The van der Waals surface area contributed by atoms with Gasteiger partial charge >= 0.3 is 6.03 Å². The number of amides is 2. The molecular weight excluding hydrogens is 204 g/mol. The Morgan fingerprint density at radius 1 is 1.69 bits per heavy atom. The SMILES string of the molecule is C=CCN(CCO)C(=O)N1CCCC(C)C1. The first-order chi connectivity index (χ1) is 7.69. The highest BCUT2D eigenvalue weighted by Gasteiger charge is 2.24. The van der Waals surface area contributed by atoms with E-state index in [1.807, 2.05) is 4.90 Å². The maximum absolute atomic E-state index is 12.1. The van der Waals surface area contributed by atoms with E-state index in [1.165, 1.54) is 6.42 Å². The van der Waals surface area contributed by atoms with Crippen LogP contribution in [-0.4, -0.2) is 53.7 Å². The Morgan fingerprint density at radius 2 is 2.44 bits per heavy atom. The Kier molecular flexibility index (Phi) is 5.32. The van der Waals surface area contributed by atoms with Gasteiger partial charge in [-0.1, -0.05) is 13.0 Å². The van der Waals surface area contributed by atoms with E-state index in [1.54, 1.807) is 11.0 Å². The van der Waals surface area contributed by atoms with E-state index in [4.69, 9.17) is 5.11 Å². The monoisotopic (exact) mass is 226 g/mol. The van der Waals surface area contributed by atoms with Crippen LogP contribution in [0.15, 0.2) is 12.7 Å². The third kappa shape index (κ3) is 3.52. The molecule has 0 saturated carbocycles. The van der Waals surface area contributed by atoms with Gasteiger partial charge in [0.15, 0.2) is 0 Å². The Hall–Kier alpha value is -1.03.